The van der Waals surface area contributed by atoms with Crippen LogP contribution in [0.2, 0.25) is 10.0 Å². The van der Waals surface area contributed by atoms with Crippen LogP contribution in [0.4, 0.5) is 18.9 Å². The first-order chi connectivity index (χ1) is 14.5. The summed E-state index contributed by atoms with van der Waals surface area (Å²) in [7, 11) is 1.57. The van der Waals surface area contributed by atoms with Gasteiger partial charge in [0.1, 0.15) is 5.69 Å². The number of aromatic nitrogens is 1. The van der Waals surface area contributed by atoms with Crippen molar-refractivity contribution in [3.05, 3.63) is 63.3 Å². The second kappa shape index (κ2) is 8.80. The highest BCUT2D eigenvalue weighted by Crippen LogP contribution is 2.38. The monoisotopic (exact) mass is 472 g/mol. The van der Waals surface area contributed by atoms with E-state index in [9.17, 15) is 22.8 Å². The zero-order chi connectivity index (χ0) is 22.9. The highest BCUT2D eigenvalue weighted by Gasteiger charge is 2.30. The van der Waals surface area contributed by atoms with Gasteiger partial charge in [-0.1, -0.05) is 35.3 Å². The van der Waals surface area contributed by atoms with Crippen LogP contribution in [-0.2, 0) is 10.9 Å². The van der Waals surface area contributed by atoms with Crippen molar-refractivity contribution in [1.29, 1.82) is 0 Å². The van der Waals surface area contributed by atoms with E-state index in [0.717, 1.165) is 24.3 Å². The van der Waals surface area contributed by atoms with E-state index < -0.39 is 23.5 Å². The Hall–Kier alpha value is -2.71. The van der Waals surface area contributed by atoms with Gasteiger partial charge in [-0.2, -0.15) is 13.2 Å². The smallest absolute Gasteiger partial charge is 0.416 e. The van der Waals surface area contributed by atoms with Gasteiger partial charge < -0.3 is 14.6 Å². The number of fused-ring (bicyclic) bond motifs is 1. The number of benzene rings is 2. The number of rotatable bonds is 6. The van der Waals surface area contributed by atoms with Gasteiger partial charge in [-0.05, 0) is 31.2 Å². The van der Waals surface area contributed by atoms with Crippen molar-refractivity contribution in [2.24, 2.45) is 0 Å². The van der Waals surface area contributed by atoms with E-state index in [0.29, 0.717) is 21.6 Å². The number of ketones is 1. The van der Waals surface area contributed by atoms with E-state index in [4.69, 9.17) is 27.9 Å². The molecule has 0 aliphatic heterocycles. The molecule has 0 unspecified atom stereocenters. The van der Waals surface area contributed by atoms with Crippen LogP contribution in [0.15, 0.2) is 36.4 Å². The number of esters is 1. The van der Waals surface area contributed by atoms with E-state index in [1.165, 1.54) is 11.0 Å². The molecule has 3 aromatic rings. The van der Waals surface area contributed by atoms with Crippen LogP contribution in [0.25, 0.3) is 10.9 Å². The number of Topliss-reactive ketones (excluding diaryl/α,β-unsaturated/α-hetero) is 1. The van der Waals surface area contributed by atoms with Gasteiger partial charge in [-0.25, -0.2) is 4.79 Å². The lowest BCUT2D eigenvalue weighted by Crippen LogP contribution is -2.27. The minimum absolute atomic E-state index is 0.0868. The number of nitrogens with one attached hydrogen (secondary N) is 1. The van der Waals surface area contributed by atoms with Crippen LogP contribution < -0.4 is 4.90 Å². The number of aromatic amines is 1. The van der Waals surface area contributed by atoms with Crippen LogP contribution in [0.1, 0.15) is 33.3 Å². The molecule has 31 heavy (non-hydrogen) atoms. The highest BCUT2D eigenvalue weighted by molar-refractivity contribution is 6.40. The van der Waals surface area contributed by atoms with Crippen molar-refractivity contribution in [3.63, 3.8) is 0 Å². The van der Waals surface area contributed by atoms with Crippen LogP contribution in [0, 0.1) is 0 Å². The summed E-state index contributed by atoms with van der Waals surface area (Å²) in [5, 5.41) is 1.08. The lowest BCUT2D eigenvalue weighted by molar-refractivity contribution is -0.137. The number of likely N-dealkylation sites (N-methyl/N-ethyl adjacent to an activating group) is 1. The summed E-state index contributed by atoms with van der Waals surface area (Å²) in [4.78, 5) is 29.6. The number of hydrogen-bond donors (Lipinski definition) is 1. The molecule has 0 spiro atoms. The van der Waals surface area contributed by atoms with Gasteiger partial charge in [0.25, 0.3) is 0 Å². The third-order valence-corrected chi connectivity index (χ3v) is 5.08. The Kier molecular flexibility index (Phi) is 6.52. The zero-order valence-corrected chi connectivity index (χ0v) is 18.0. The number of halogens is 5. The predicted octanol–water partition coefficient (Wildman–Crippen LogP) is 5.99. The first-order valence-electron chi connectivity index (χ1n) is 9.12. The minimum atomic E-state index is -4.49. The van der Waals surface area contributed by atoms with Crippen molar-refractivity contribution in [2.75, 3.05) is 25.1 Å². The van der Waals surface area contributed by atoms with Crippen LogP contribution in [-0.4, -0.2) is 36.9 Å². The second-order valence-electron chi connectivity index (χ2n) is 6.73. The van der Waals surface area contributed by atoms with E-state index in [2.05, 4.69) is 4.98 Å². The second-order valence-corrected chi connectivity index (χ2v) is 7.58. The number of carbonyl (C=O) groups is 2. The largest absolute Gasteiger partial charge is 0.461 e. The van der Waals surface area contributed by atoms with Crippen LogP contribution >= 0.6 is 23.2 Å². The molecule has 5 nitrogen and oxygen atoms in total. The lowest BCUT2D eigenvalue weighted by atomic mass is 10.1. The SMILES string of the molecule is CCOC(=O)c1[nH]c2cc(Cl)cc(Cl)c2c1N(C)CC(=O)c1ccc(C(F)(F)F)cc1. The van der Waals surface area contributed by atoms with E-state index in [-0.39, 0.29) is 29.4 Å². The van der Waals surface area contributed by atoms with E-state index in [1.807, 2.05) is 0 Å². The molecule has 0 fully saturated rings. The van der Waals surface area contributed by atoms with Gasteiger partial charge >= 0.3 is 12.1 Å². The summed E-state index contributed by atoms with van der Waals surface area (Å²) in [6.45, 7) is 1.57. The van der Waals surface area contributed by atoms with Gasteiger partial charge in [-0.3, -0.25) is 4.79 Å². The molecule has 1 heterocycles. The Balaban J connectivity index is 1.97. The van der Waals surface area contributed by atoms with Gasteiger partial charge in [0, 0.05) is 23.0 Å². The number of alkyl halides is 3. The highest BCUT2D eigenvalue weighted by atomic mass is 35.5. The molecule has 0 saturated carbocycles. The zero-order valence-electron chi connectivity index (χ0n) is 16.4. The molecule has 2 aromatic carbocycles. The maximum Gasteiger partial charge on any atom is 0.416 e. The Morgan fingerprint density at radius 2 is 1.77 bits per heavy atom. The van der Waals surface area contributed by atoms with Crippen molar-refractivity contribution in [3.8, 4) is 0 Å². The summed E-state index contributed by atoms with van der Waals surface area (Å²) in [6, 6.07) is 7.02. The summed E-state index contributed by atoms with van der Waals surface area (Å²) < 4.78 is 43.3. The molecule has 10 heteroatoms. The number of carbonyl (C=O) groups excluding carboxylic acids is 2. The quantitative estimate of drug-likeness (QED) is 0.353. The molecule has 0 atom stereocenters. The van der Waals surface area contributed by atoms with Gasteiger partial charge in [0.05, 0.1) is 34.9 Å². The first-order valence-corrected chi connectivity index (χ1v) is 9.88. The molecule has 1 N–H and O–H groups in total. The fraction of sp³-hybridized carbons (Fsp3) is 0.238. The molecule has 0 bridgehead atoms. The van der Waals surface area contributed by atoms with Crippen LogP contribution in [0.5, 0.6) is 0 Å². The number of anilines is 1. The molecule has 164 valence electrons. The molecule has 0 amide bonds. The van der Waals surface area contributed by atoms with Crippen LogP contribution in [0.3, 0.4) is 0 Å². The molecule has 3 rings (SSSR count). The Morgan fingerprint density at radius 3 is 2.35 bits per heavy atom. The molecule has 0 radical (unpaired) electrons. The molecular weight excluding hydrogens is 456 g/mol. The normalized spacial score (nSPS) is 11.6. The fourth-order valence-corrected chi connectivity index (χ4v) is 3.78. The number of H-pyrrole nitrogens is 1. The molecule has 1 aromatic heterocycles. The number of hydrogen-bond acceptors (Lipinski definition) is 4. The van der Waals surface area contributed by atoms with Crippen molar-refractivity contribution in [2.45, 2.75) is 13.1 Å². The molecule has 0 aliphatic carbocycles. The Labute approximate surface area is 185 Å². The Bertz CT molecular complexity index is 1140. The number of ether oxygens (including phenoxy) is 1. The topological polar surface area (TPSA) is 62.4 Å². The third-order valence-electron chi connectivity index (χ3n) is 4.56. The standard InChI is InChI=1S/C21H17Cl2F3N2O3/c1-3-31-20(30)18-19(17-14(23)8-13(22)9-15(17)27-18)28(2)10-16(29)11-4-6-12(7-5-11)21(24,25)26/h4-9,27H,3,10H2,1-2H3. The predicted molar refractivity (Wildman–Crippen MR) is 113 cm³/mol. The van der Waals surface area contributed by atoms with Gasteiger partial charge in [-0.15, -0.1) is 0 Å². The average Bonchev–Trinajstić information content (AvgIpc) is 3.07. The summed E-state index contributed by atoms with van der Waals surface area (Å²) in [6.07, 6.45) is -4.49. The maximum absolute atomic E-state index is 12.8. The maximum atomic E-state index is 12.8. The third kappa shape index (κ3) is 4.80. The lowest BCUT2D eigenvalue weighted by Gasteiger charge is -2.20. The van der Waals surface area contributed by atoms with Crippen molar-refractivity contribution >= 4 is 51.5 Å². The molecule has 0 aliphatic rings. The molecule has 0 saturated heterocycles. The van der Waals surface area contributed by atoms with E-state index in [1.54, 1.807) is 20.0 Å². The summed E-state index contributed by atoms with van der Waals surface area (Å²) in [5.74, 6) is -1.08. The summed E-state index contributed by atoms with van der Waals surface area (Å²) in [5.41, 5.74) is 0.150. The Morgan fingerprint density at radius 1 is 1.13 bits per heavy atom. The first kappa shape index (κ1) is 23.0. The van der Waals surface area contributed by atoms with E-state index >= 15 is 0 Å². The van der Waals surface area contributed by atoms with Crippen molar-refractivity contribution in [1.82, 2.24) is 4.98 Å². The fourth-order valence-electron chi connectivity index (χ4n) is 3.20. The average molecular weight is 473 g/mol. The van der Waals surface area contributed by atoms with Gasteiger partial charge in [0.15, 0.2) is 5.78 Å². The summed E-state index contributed by atoms with van der Waals surface area (Å²) >= 11 is 12.4. The number of nitrogens with zero attached hydrogens (tertiary/aromatic N) is 1. The minimum Gasteiger partial charge on any atom is -0.461 e. The van der Waals surface area contributed by atoms with Crippen molar-refractivity contribution < 1.29 is 27.5 Å². The molecular formula is C21H17Cl2F3N2O3. The van der Waals surface area contributed by atoms with Gasteiger partial charge in [0.2, 0.25) is 0 Å².